The summed E-state index contributed by atoms with van der Waals surface area (Å²) in [5, 5.41) is 4.52. The zero-order chi connectivity index (χ0) is 23.8. The summed E-state index contributed by atoms with van der Waals surface area (Å²) in [5.41, 5.74) is 3.81. The van der Waals surface area contributed by atoms with Crippen molar-refractivity contribution in [3.8, 4) is 17.2 Å². The molecule has 0 aromatic heterocycles. The SMILES string of the molecule is CCOc1ccc(Br)cc1C(=O)N/N=C\c1ccc(OC(=O)c2ccc(Cl)cc2)c(OC)c1. The fourth-order valence-electron chi connectivity index (χ4n) is 2.78. The number of esters is 1. The van der Waals surface area contributed by atoms with Crippen LogP contribution >= 0.6 is 27.5 Å². The minimum absolute atomic E-state index is 0.245. The number of methoxy groups -OCH3 is 1. The molecule has 0 aliphatic rings. The number of halogens is 2. The molecule has 0 aliphatic carbocycles. The summed E-state index contributed by atoms with van der Waals surface area (Å²) >= 11 is 9.20. The highest BCUT2D eigenvalue weighted by Crippen LogP contribution is 2.28. The molecule has 0 saturated heterocycles. The topological polar surface area (TPSA) is 86.2 Å². The Morgan fingerprint density at radius 1 is 1.03 bits per heavy atom. The summed E-state index contributed by atoms with van der Waals surface area (Å²) < 4.78 is 17.0. The van der Waals surface area contributed by atoms with E-state index >= 15 is 0 Å². The van der Waals surface area contributed by atoms with Crippen molar-refractivity contribution in [2.45, 2.75) is 6.92 Å². The average Bonchev–Trinajstić information content (AvgIpc) is 2.81. The Morgan fingerprint density at radius 3 is 2.45 bits per heavy atom. The molecule has 3 aromatic carbocycles. The van der Waals surface area contributed by atoms with E-state index in [1.54, 1.807) is 60.7 Å². The number of benzene rings is 3. The number of carbonyl (C=O) groups excluding carboxylic acids is 2. The molecule has 0 saturated carbocycles. The molecule has 1 amide bonds. The minimum atomic E-state index is -0.544. The Morgan fingerprint density at radius 2 is 1.76 bits per heavy atom. The van der Waals surface area contributed by atoms with Crippen molar-refractivity contribution in [1.82, 2.24) is 5.43 Å². The van der Waals surface area contributed by atoms with Crippen molar-refractivity contribution >= 4 is 45.6 Å². The molecule has 33 heavy (non-hydrogen) atoms. The van der Waals surface area contributed by atoms with Crippen LogP contribution in [0.1, 0.15) is 33.2 Å². The predicted molar refractivity (Wildman–Crippen MR) is 130 cm³/mol. The lowest BCUT2D eigenvalue weighted by molar-refractivity contribution is 0.0729. The Kier molecular flexibility index (Phi) is 8.46. The standard InChI is InChI=1S/C24H20BrClN2O5/c1-3-32-20-11-7-17(25)13-19(20)23(29)28-27-14-15-4-10-21(22(12-15)31-2)33-24(30)16-5-8-18(26)9-6-16/h4-14H,3H2,1-2H3,(H,28,29)/b27-14-. The molecule has 0 spiro atoms. The van der Waals surface area contributed by atoms with Gasteiger partial charge in [-0.15, -0.1) is 0 Å². The number of nitrogens with zero attached hydrogens (tertiary/aromatic N) is 1. The molecule has 0 unspecified atom stereocenters. The zero-order valence-corrected chi connectivity index (χ0v) is 20.1. The molecule has 3 aromatic rings. The summed E-state index contributed by atoms with van der Waals surface area (Å²) in [5.74, 6) is 0.0727. The molecule has 0 radical (unpaired) electrons. The summed E-state index contributed by atoms with van der Waals surface area (Å²) in [6.07, 6.45) is 1.45. The van der Waals surface area contributed by atoms with Crippen LogP contribution in [0.15, 0.2) is 70.2 Å². The number of rotatable bonds is 8. The van der Waals surface area contributed by atoms with Gasteiger partial charge in [0.1, 0.15) is 5.75 Å². The van der Waals surface area contributed by atoms with E-state index in [9.17, 15) is 9.59 Å². The number of hydrogen-bond donors (Lipinski definition) is 1. The Bertz CT molecular complexity index is 1180. The van der Waals surface area contributed by atoms with Crippen LogP contribution in [0.2, 0.25) is 5.02 Å². The van der Waals surface area contributed by atoms with E-state index in [-0.39, 0.29) is 5.75 Å². The highest BCUT2D eigenvalue weighted by atomic mass is 79.9. The first kappa shape index (κ1) is 24.3. The first-order valence-corrected chi connectivity index (χ1v) is 11.0. The van der Waals surface area contributed by atoms with E-state index < -0.39 is 11.9 Å². The van der Waals surface area contributed by atoms with Crippen LogP contribution in [-0.2, 0) is 0 Å². The third-order valence-electron chi connectivity index (χ3n) is 4.34. The summed E-state index contributed by atoms with van der Waals surface area (Å²) in [6.45, 7) is 2.27. The normalized spacial score (nSPS) is 10.7. The van der Waals surface area contributed by atoms with Gasteiger partial charge in [-0.1, -0.05) is 27.5 Å². The number of nitrogens with one attached hydrogen (secondary N) is 1. The maximum absolute atomic E-state index is 12.5. The predicted octanol–water partition coefficient (Wildman–Crippen LogP) is 5.49. The number of amides is 1. The Balaban J connectivity index is 1.69. The van der Waals surface area contributed by atoms with Gasteiger partial charge >= 0.3 is 5.97 Å². The second-order valence-corrected chi connectivity index (χ2v) is 7.93. The largest absolute Gasteiger partial charge is 0.493 e. The zero-order valence-electron chi connectivity index (χ0n) is 17.8. The van der Waals surface area contributed by atoms with Gasteiger partial charge in [0.2, 0.25) is 0 Å². The third-order valence-corrected chi connectivity index (χ3v) is 5.08. The monoisotopic (exact) mass is 530 g/mol. The first-order valence-electron chi connectivity index (χ1n) is 9.82. The van der Waals surface area contributed by atoms with Crippen LogP contribution in [0.3, 0.4) is 0 Å². The highest BCUT2D eigenvalue weighted by molar-refractivity contribution is 9.10. The first-order chi connectivity index (χ1) is 15.9. The van der Waals surface area contributed by atoms with Crippen molar-refractivity contribution < 1.29 is 23.8 Å². The molecule has 0 bridgehead atoms. The molecule has 0 atom stereocenters. The van der Waals surface area contributed by atoms with Gasteiger partial charge in [-0.3, -0.25) is 4.79 Å². The van der Waals surface area contributed by atoms with Gasteiger partial charge in [0.25, 0.3) is 5.91 Å². The van der Waals surface area contributed by atoms with Gasteiger partial charge in [-0.05, 0) is 73.2 Å². The number of ether oxygens (including phenoxy) is 3. The lowest BCUT2D eigenvalue weighted by Gasteiger charge is -2.10. The molecular weight excluding hydrogens is 512 g/mol. The average molecular weight is 532 g/mol. The fraction of sp³-hybridized carbons (Fsp3) is 0.125. The van der Waals surface area contributed by atoms with Crippen molar-refractivity contribution in [3.63, 3.8) is 0 Å². The van der Waals surface area contributed by atoms with Gasteiger partial charge in [0.05, 0.1) is 31.1 Å². The lowest BCUT2D eigenvalue weighted by Crippen LogP contribution is -2.18. The second-order valence-electron chi connectivity index (χ2n) is 6.58. The van der Waals surface area contributed by atoms with Crippen LogP contribution in [0, 0.1) is 0 Å². The van der Waals surface area contributed by atoms with E-state index in [1.165, 1.54) is 13.3 Å². The summed E-state index contributed by atoms with van der Waals surface area (Å²) in [7, 11) is 1.46. The molecule has 0 heterocycles. The molecule has 9 heteroatoms. The van der Waals surface area contributed by atoms with Crippen LogP contribution in [0.5, 0.6) is 17.2 Å². The van der Waals surface area contributed by atoms with Crippen LogP contribution in [-0.4, -0.2) is 31.8 Å². The third kappa shape index (κ3) is 6.57. The molecule has 0 fully saturated rings. The summed E-state index contributed by atoms with van der Waals surface area (Å²) in [4.78, 5) is 24.9. The van der Waals surface area contributed by atoms with Crippen LogP contribution < -0.4 is 19.6 Å². The Hall–Kier alpha value is -3.36. The number of hydrazone groups is 1. The molecular formula is C24H20BrClN2O5. The molecule has 0 aliphatic heterocycles. The van der Waals surface area contributed by atoms with Crippen molar-refractivity contribution in [1.29, 1.82) is 0 Å². The van der Waals surface area contributed by atoms with Crippen molar-refractivity contribution in [3.05, 3.63) is 86.8 Å². The second kappa shape index (κ2) is 11.5. The highest BCUT2D eigenvalue weighted by Gasteiger charge is 2.14. The maximum Gasteiger partial charge on any atom is 0.343 e. The maximum atomic E-state index is 12.5. The van der Waals surface area contributed by atoms with E-state index in [1.807, 2.05) is 6.92 Å². The molecule has 3 rings (SSSR count). The molecule has 170 valence electrons. The van der Waals surface area contributed by atoms with E-state index in [0.29, 0.717) is 39.8 Å². The minimum Gasteiger partial charge on any atom is -0.493 e. The van der Waals surface area contributed by atoms with Gasteiger partial charge in [-0.25, -0.2) is 10.2 Å². The van der Waals surface area contributed by atoms with Gasteiger partial charge in [-0.2, -0.15) is 5.10 Å². The van der Waals surface area contributed by atoms with Crippen molar-refractivity contribution in [2.75, 3.05) is 13.7 Å². The van der Waals surface area contributed by atoms with Crippen LogP contribution in [0.25, 0.3) is 0 Å². The molecule has 1 N–H and O–H groups in total. The number of hydrogen-bond acceptors (Lipinski definition) is 6. The van der Waals surface area contributed by atoms with Crippen molar-refractivity contribution in [2.24, 2.45) is 5.10 Å². The van der Waals surface area contributed by atoms with E-state index in [0.717, 1.165) is 4.47 Å². The smallest absolute Gasteiger partial charge is 0.343 e. The number of carbonyl (C=O) groups is 2. The fourth-order valence-corrected chi connectivity index (χ4v) is 3.27. The van der Waals surface area contributed by atoms with Gasteiger partial charge < -0.3 is 14.2 Å². The quantitative estimate of drug-likeness (QED) is 0.180. The molecule has 7 nitrogen and oxygen atoms in total. The van der Waals surface area contributed by atoms with Gasteiger partial charge in [0, 0.05) is 9.50 Å². The van der Waals surface area contributed by atoms with Crippen LogP contribution in [0.4, 0.5) is 0 Å². The van der Waals surface area contributed by atoms with E-state index in [2.05, 4.69) is 26.5 Å². The summed E-state index contributed by atoms with van der Waals surface area (Å²) in [6, 6.07) is 16.4. The lowest BCUT2D eigenvalue weighted by atomic mass is 10.2. The van der Waals surface area contributed by atoms with E-state index in [4.69, 9.17) is 25.8 Å². The van der Waals surface area contributed by atoms with Gasteiger partial charge in [0.15, 0.2) is 11.5 Å². The Labute approximate surface area is 204 Å².